The zero-order valence-electron chi connectivity index (χ0n) is 5.47. The van der Waals surface area contributed by atoms with Crippen LogP contribution in [0.2, 0.25) is 0 Å². The molecule has 54 valence electrons. The van der Waals surface area contributed by atoms with Gasteiger partial charge in [-0.3, -0.25) is 4.79 Å². The molecule has 0 amide bonds. The van der Waals surface area contributed by atoms with E-state index in [1.165, 1.54) is 6.42 Å². The molecule has 2 nitrogen and oxygen atoms in total. The van der Waals surface area contributed by atoms with Gasteiger partial charge in [-0.15, -0.1) is 0 Å². The van der Waals surface area contributed by atoms with Gasteiger partial charge in [-0.25, -0.2) is 0 Å². The van der Waals surface area contributed by atoms with Crippen LogP contribution in [0.1, 0.15) is 32.1 Å². The molecular weight excluding hydrogens is 155 g/mol. The van der Waals surface area contributed by atoms with Crippen molar-refractivity contribution in [2.75, 3.05) is 0 Å². The fourth-order valence-corrected chi connectivity index (χ4v) is 1.35. The molecule has 1 aliphatic carbocycles. The number of hydrogen-bond donors (Lipinski definition) is 1. The van der Waals surface area contributed by atoms with E-state index in [2.05, 4.69) is 0 Å². The van der Waals surface area contributed by atoms with Crippen molar-refractivity contribution in [1.82, 2.24) is 0 Å². The molecule has 0 aromatic rings. The number of aliphatic carboxylic acids is 1. The van der Waals surface area contributed by atoms with E-state index in [1.807, 2.05) is 0 Å². The first-order chi connectivity index (χ1) is 4.30. The first kappa shape index (κ1) is 11.1. The summed E-state index contributed by atoms with van der Waals surface area (Å²) in [5.41, 5.74) is 0. The molecule has 1 saturated carbocycles. The fourth-order valence-electron chi connectivity index (χ4n) is 1.35. The molecule has 0 aliphatic heterocycles. The van der Waals surface area contributed by atoms with E-state index in [0.29, 0.717) is 0 Å². The molecule has 1 fully saturated rings. The van der Waals surface area contributed by atoms with Gasteiger partial charge >= 0.3 is 57.4 Å². The zero-order chi connectivity index (χ0) is 6.69. The molecule has 0 unspecified atom stereocenters. The Balaban J connectivity index is 0.000000810. The predicted molar refractivity (Wildman–Crippen MR) is 41.4 cm³/mol. The number of carboxylic acid groups (broad SMARTS) is 1. The zero-order valence-corrected chi connectivity index (χ0v) is 5.47. The van der Waals surface area contributed by atoms with Crippen molar-refractivity contribution in [3.8, 4) is 0 Å². The normalized spacial score (nSPS) is 19.6. The standard InChI is InChI=1S/C7H12O2.K.H/c8-7(9)6-4-2-1-3-5-6;;/h6H,1-5H2,(H,8,9);;. The molecule has 0 heterocycles. The quantitative estimate of drug-likeness (QED) is 0.593. The Bertz CT molecular complexity index is 108. The molecule has 10 heavy (non-hydrogen) atoms. The predicted octanol–water partition coefficient (Wildman–Crippen LogP) is 1.00. The van der Waals surface area contributed by atoms with Crippen LogP contribution in [-0.2, 0) is 4.79 Å². The van der Waals surface area contributed by atoms with Crippen molar-refractivity contribution < 1.29 is 9.90 Å². The summed E-state index contributed by atoms with van der Waals surface area (Å²) in [4.78, 5) is 10.4. The molecule has 1 N–H and O–H groups in total. The van der Waals surface area contributed by atoms with Gasteiger partial charge in [0.2, 0.25) is 0 Å². The first-order valence-corrected chi connectivity index (χ1v) is 3.53. The van der Waals surface area contributed by atoms with Gasteiger partial charge in [-0.2, -0.15) is 0 Å². The van der Waals surface area contributed by atoms with Crippen LogP contribution in [0.25, 0.3) is 0 Å². The molecule has 0 atom stereocenters. The van der Waals surface area contributed by atoms with Crippen molar-refractivity contribution in [3.63, 3.8) is 0 Å². The van der Waals surface area contributed by atoms with Gasteiger partial charge in [0.1, 0.15) is 0 Å². The summed E-state index contributed by atoms with van der Waals surface area (Å²) in [6.07, 6.45) is 5.24. The minimum absolute atomic E-state index is 0. The van der Waals surface area contributed by atoms with Crippen LogP contribution >= 0.6 is 0 Å². The Hall–Kier alpha value is 1.11. The Kier molecular flexibility index (Phi) is 6.35. The van der Waals surface area contributed by atoms with E-state index in [4.69, 9.17) is 5.11 Å². The summed E-state index contributed by atoms with van der Waals surface area (Å²) >= 11 is 0. The van der Waals surface area contributed by atoms with Gasteiger partial charge in [0.15, 0.2) is 0 Å². The average molecular weight is 168 g/mol. The van der Waals surface area contributed by atoms with Gasteiger partial charge in [-0.1, -0.05) is 19.3 Å². The van der Waals surface area contributed by atoms with Crippen LogP contribution in [0.4, 0.5) is 0 Å². The number of hydrogen-bond acceptors (Lipinski definition) is 1. The van der Waals surface area contributed by atoms with Gasteiger partial charge in [0, 0.05) is 0 Å². The van der Waals surface area contributed by atoms with Crippen molar-refractivity contribution in [2.45, 2.75) is 32.1 Å². The summed E-state index contributed by atoms with van der Waals surface area (Å²) < 4.78 is 0. The average Bonchev–Trinajstić information content (AvgIpc) is 1.90. The van der Waals surface area contributed by atoms with Crippen LogP contribution in [0.15, 0.2) is 0 Å². The number of carbonyl (C=O) groups is 1. The Labute approximate surface area is 104 Å². The van der Waals surface area contributed by atoms with Crippen molar-refractivity contribution in [2.24, 2.45) is 5.92 Å². The number of carboxylic acids is 1. The van der Waals surface area contributed by atoms with Crippen LogP contribution in [0.3, 0.4) is 0 Å². The van der Waals surface area contributed by atoms with E-state index in [9.17, 15) is 4.79 Å². The summed E-state index contributed by atoms with van der Waals surface area (Å²) in [5, 5.41) is 8.54. The maximum absolute atomic E-state index is 10.4. The number of rotatable bonds is 1. The van der Waals surface area contributed by atoms with E-state index >= 15 is 0 Å². The van der Waals surface area contributed by atoms with Gasteiger partial charge < -0.3 is 5.11 Å². The van der Waals surface area contributed by atoms with Crippen molar-refractivity contribution in [3.05, 3.63) is 0 Å². The van der Waals surface area contributed by atoms with Crippen molar-refractivity contribution in [1.29, 1.82) is 0 Å². The summed E-state index contributed by atoms with van der Waals surface area (Å²) in [5.74, 6) is -0.631. The SMILES string of the molecule is O=C(O)C1CCCCC1.[KH]. The molecule has 0 spiro atoms. The molecule has 1 rings (SSSR count). The third-order valence-electron chi connectivity index (χ3n) is 1.95. The van der Waals surface area contributed by atoms with E-state index in [0.717, 1.165) is 25.7 Å². The summed E-state index contributed by atoms with van der Waals surface area (Å²) in [6.45, 7) is 0. The van der Waals surface area contributed by atoms with Crippen LogP contribution in [0, 0.1) is 5.92 Å². The van der Waals surface area contributed by atoms with E-state index in [-0.39, 0.29) is 57.3 Å². The molecule has 3 heteroatoms. The molecule has 0 aromatic heterocycles. The fraction of sp³-hybridized carbons (Fsp3) is 0.857. The van der Waals surface area contributed by atoms with Crippen molar-refractivity contribution >= 4 is 57.4 Å². The summed E-state index contributed by atoms with van der Waals surface area (Å²) in [6, 6.07) is 0. The maximum atomic E-state index is 10.4. The molecule has 0 saturated heterocycles. The third-order valence-corrected chi connectivity index (χ3v) is 1.95. The minimum atomic E-state index is -0.602. The Morgan fingerprint density at radius 3 is 2.00 bits per heavy atom. The topological polar surface area (TPSA) is 37.3 Å². The first-order valence-electron chi connectivity index (χ1n) is 3.53. The van der Waals surface area contributed by atoms with E-state index < -0.39 is 5.97 Å². The second kappa shape index (κ2) is 5.72. The molecule has 0 radical (unpaired) electrons. The second-order valence-corrected chi connectivity index (χ2v) is 2.67. The van der Waals surface area contributed by atoms with Crippen LogP contribution < -0.4 is 0 Å². The van der Waals surface area contributed by atoms with E-state index in [1.54, 1.807) is 0 Å². The van der Waals surface area contributed by atoms with Gasteiger partial charge in [-0.05, 0) is 12.8 Å². The monoisotopic (exact) mass is 168 g/mol. The molecule has 0 bridgehead atoms. The van der Waals surface area contributed by atoms with Gasteiger partial charge in [0.25, 0.3) is 0 Å². The molecule has 0 aromatic carbocycles. The Morgan fingerprint density at radius 1 is 1.20 bits per heavy atom. The molecule has 1 aliphatic rings. The van der Waals surface area contributed by atoms with Crippen LogP contribution in [-0.4, -0.2) is 62.5 Å². The molecular formula is C7H13KO2. The third kappa shape index (κ3) is 3.48. The Morgan fingerprint density at radius 2 is 1.70 bits per heavy atom. The van der Waals surface area contributed by atoms with Gasteiger partial charge in [0.05, 0.1) is 5.92 Å². The van der Waals surface area contributed by atoms with Crippen LogP contribution in [0.5, 0.6) is 0 Å². The summed E-state index contributed by atoms with van der Waals surface area (Å²) in [7, 11) is 0. The second-order valence-electron chi connectivity index (χ2n) is 2.67.